The van der Waals surface area contributed by atoms with Crippen LogP contribution in [0.5, 0.6) is 0 Å². The molecule has 0 spiro atoms. The first-order valence-electron chi connectivity index (χ1n) is 6.09. The largest absolute Gasteiger partial charge is 0.291 e. The highest BCUT2D eigenvalue weighted by Gasteiger charge is 2.14. The molecule has 21 heavy (non-hydrogen) atoms. The Bertz CT molecular complexity index is 1100. The van der Waals surface area contributed by atoms with Gasteiger partial charge in [-0.25, -0.2) is 9.97 Å². The Morgan fingerprint density at radius 1 is 1.29 bits per heavy atom. The molecule has 4 aromatic rings. The molecule has 1 aromatic carbocycles. The molecular formula is C13H7N5O3. The maximum atomic E-state index is 12.0. The predicted molar refractivity (Wildman–Crippen MR) is 75.3 cm³/mol. The van der Waals surface area contributed by atoms with E-state index < -0.39 is 4.92 Å². The SMILES string of the molecule is O=c1[nH]c2nc3ccc([N+](=O)[O-])cc3n2c2ncccc12. The van der Waals surface area contributed by atoms with Crippen LogP contribution in [0.2, 0.25) is 0 Å². The molecule has 3 heterocycles. The van der Waals surface area contributed by atoms with Gasteiger partial charge in [0.1, 0.15) is 0 Å². The number of nitro benzene ring substituents is 1. The molecule has 0 fully saturated rings. The van der Waals surface area contributed by atoms with Gasteiger partial charge in [0.15, 0.2) is 5.65 Å². The standard InChI is InChI=1S/C13H7N5O3/c19-12-8-2-1-5-14-11(8)17-10-6-7(18(20)21)3-4-9(10)15-13(17)16-12/h1-6H,(H,15,16,19). The molecule has 8 heteroatoms. The van der Waals surface area contributed by atoms with Crippen molar-refractivity contribution >= 4 is 33.5 Å². The molecule has 1 N–H and O–H groups in total. The summed E-state index contributed by atoms with van der Waals surface area (Å²) < 4.78 is 1.61. The van der Waals surface area contributed by atoms with E-state index in [0.717, 1.165) is 0 Å². The van der Waals surface area contributed by atoms with Crippen LogP contribution in [0.15, 0.2) is 41.3 Å². The lowest BCUT2D eigenvalue weighted by atomic mass is 10.3. The smallest absolute Gasteiger partial charge is 0.271 e. The summed E-state index contributed by atoms with van der Waals surface area (Å²) in [4.78, 5) is 33.6. The Morgan fingerprint density at radius 2 is 2.14 bits per heavy atom. The molecule has 0 aliphatic carbocycles. The molecular weight excluding hydrogens is 274 g/mol. The number of rotatable bonds is 1. The summed E-state index contributed by atoms with van der Waals surface area (Å²) in [5.74, 6) is 0.307. The lowest BCUT2D eigenvalue weighted by Gasteiger charge is -2.00. The van der Waals surface area contributed by atoms with Crippen molar-refractivity contribution in [1.82, 2.24) is 19.4 Å². The Balaban J connectivity index is 2.29. The lowest BCUT2D eigenvalue weighted by Crippen LogP contribution is -2.10. The second kappa shape index (κ2) is 3.85. The Morgan fingerprint density at radius 3 is 2.95 bits per heavy atom. The molecule has 8 nitrogen and oxygen atoms in total. The highest BCUT2D eigenvalue weighted by atomic mass is 16.6. The first-order valence-corrected chi connectivity index (χ1v) is 6.09. The van der Waals surface area contributed by atoms with Gasteiger partial charge >= 0.3 is 0 Å². The van der Waals surface area contributed by atoms with Gasteiger partial charge in [0.25, 0.3) is 11.2 Å². The minimum Gasteiger partial charge on any atom is -0.291 e. The zero-order valence-corrected chi connectivity index (χ0v) is 10.5. The van der Waals surface area contributed by atoms with E-state index in [1.54, 1.807) is 28.8 Å². The van der Waals surface area contributed by atoms with Crippen LogP contribution in [0, 0.1) is 10.1 Å². The minimum atomic E-state index is -0.472. The van der Waals surface area contributed by atoms with E-state index in [1.807, 2.05) is 0 Å². The van der Waals surface area contributed by atoms with Gasteiger partial charge in [-0.2, -0.15) is 0 Å². The number of aromatic amines is 1. The fourth-order valence-electron chi connectivity index (χ4n) is 2.40. The average Bonchev–Trinajstić information content (AvgIpc) is 2.84. The van der Waals surface area contributed by atoms with Gasteiger partial charge in [-0.3, -0.25) is 24.3 Å². The predicted octanol–water partition coefficient (Wildman–Crippen LogP) is 1.63. The molecule has 0 amide bonds. The van der Waals surface area contributed by atoms with Crippen LogP contribution in [-0.2, 0) is 0 Å². The van der Waals surface area contributed by atoms with Crippen molar-refractivity contribution in [2.24, 2.45) is 0 Å². The van der Waals surface area contributed by atoms with E-state index in [-0.39, 0.29) is 11.2 Å². The molecule has 0 atom stereocenters. The van der Waals surface area contributed by atoms with Crippen molar-refractivity contribution in [3.8, 4) is 0 Å². The third kappa shape index (κ3) is 1.52. The van der Waals surface area contributed by atoms with Gasteiger partial charge in [0.05, 0.1) is 21.3 Å². The maximum absolute atomic E-state index is 12.0. The number of nitrogens with zero attached hydrogens (tertiary/aromatic N) is 4. The summed E-state index contributed by atoms with van der Waals surface area (Å²) in [5, 5.41) is 11.3. The van der Waals surface area contributed by atoms with Crippen LogP contribution >= 0.6 is 0 Å². The van der Waals surface area contributed by atoms with Crippen LogP contribution in [0.4, 0.5) is 5.69 Å². The van der Waals surface area contributed by atoms with Crippen molar-refractivity contribution in [3.05, 3.63) is 57.0 Å². The molecule has 3 aromatic heterocycles. The number of fused-ring (bicyclic) bond motifs is 5. The number of aromatic nitrogens is 4. The fourth-order valence-corrected chi connectivity index (χ4v) is 2.40. The topological polar surface area (TPSA) is 106 Å². The van der Waals surface area contributed by atoms with Crippen molar-refractivity contribution in [3.63, 3.8) is 0 Å². The zero-order chi connectivity index (χ0) is 14.6. The summed E-state index contributed by atoms with van der Waals surface area (Å²) >= 11 is 0. The number of nitro groups is 1. The van der Waals surface area contributed by atoms with Crippen LogP contribution in [0.3, 0.4) is 0 Å². The van der Waals surface area contributed by atoms with Crippen molar-refractivity contribution in [1.29, 1.82) is 0 Å². The third-order valence-electron chi connectivity index (χ3n) is 3.32. The average molecular weight is 281 g/mol. The summed E-state index contributed by atoms with van der Waals surface area (Å²) in [6.07, 6.45) is 1.56. The molecule has 0 saturated carbocycles. The molecule has 4 rings (SSSR count). The molecule has 0 bridgehead atoms. The first-order chi connectivity index (χ1) is 10.1. The van der Waals surface area contributed by atoms with E-state index in [1.165, 1.54) is 12.1 Å². The molecule has 102 valence electrons. The lowest BCUT2D eigenvalue weighted by molar-refractivity contribution is -0.384. The second-order valence-electron chi connectivity index (χ2n) is 4.53. The second-order valence-corrected chi connectivity index (χ2v) is 4.53. The van der Waals surface area contributed by atoms with Gasteiger partial charge in [-0.05, 0) is 18.2 Å². The molecule has 0 radical (unpaired) electrons. The zero-order valence-electron chi connectivity index (χ0n) is 10.5. The molecule has 0 saturated heterocycles. The minimum absolute atomic E-state index is 0.0421. The number of benzene rings is 1. The molecule has 0 unspecified atom stereocenters. The van der Waals surface area contributed by atoms with Gasteiger partial charge in [-0.15, -0.1) is 0 Å². The highest BCUT2D eigenvalue weighted by Crippen LogP contribution is 2.23. The van der Waals surface area contributed by atoms with E-state index in [9.17, 15) is 14.9 Å². The monoisotopic (exact) mass is 281 g/mol. The van der Waals surface area contributed by atoms with Gasteiger partial charge in [-0.1, -0.05) is 0 Å². The quantitative estimate of drug-likeness (QED) is 0.421. The first kappa shape index (κ1) is 11.5. The Hall–Kier alpha value is -3.29. The van der Waals surface area contributed by atoms with Gasteiger partial charge in [0, 0.05) is 18.3 Å². The fraction of sp³-hybridized carbons (Fsp3) is 0. The number of non-ortho nitro benzene ring substituents is 1. The summed E-state index contributed by atoms with van der Waals surface area (Å²) in [6.45, 7) is 0. The third-order valence-corrected chi connectivity index (χ3v) is 3.32. The number of imidazole rings is 1. The molecule has 0 aliphatic rings. The van der Waals surface area contributed by atoms with Crippen molar-refractivity contribution in [2.75, 3.05) is 0 Å². The normalized spacial score (nSPS) is 11.4. The highest BCUT2D eigenvalue weighted by molar-refractivity contribution is 5.88. The van der Waals surface area contributed by atoms with E-state index >= 15 is 0 Å². The Kier molecular flexibility index (Phi) is 2.12. The van der Waals surface area contributed by atoms with Crippen LogP contribution in [0.1, 0.15) is 0 Å². The number of hydrogen-bond acceptors (Lipinski definition) is 5. The van der Waals surface area contributed by atoms with Crippen LogP contribution in [0.25, 0.3) is 27.8 Å². The molecule has 0 aliphatic heterocycles. The summed E-state index contributed by atoms with van der Waals surface area (Å²) in [6, 6.07) is 7.65. The number of nitrogens with one attached hydrogen (secondary N) is 1. The number of hydrogen-bond donors (Lipinski definition) is 1. The Labute approximate surface area is 115 Å². The van der Waals surface area contributed by atoms with Gasteiger partial charge < -0.3 is 0 Å². The summed E-state index contributed by atoms with van der Waals surface area (Å²) in [7, 11) is 0. The van der Waals surface area contributed by atoms with E-state index in [0.29, 0.717) is 27.8 Å². The van der Waals surface area contributed by atoms with Crippen molar-refractivity contribution < 1.29 is 4.92 Å². The van der Waals surface area contributed by atoms with Crippen molar-refractivity contribution in [2.45, 2.75) is 0 Å². The van der Waals surface area contributed by atoms with E-state index in [2.05, 4.69) is 15.0 Å². The maximum Gasteiger partial charge on any atom is 0.271 e. The van der Waals surface area contributed by atoms with E-state index in [4.69, 9.17) is 0 Å². The summed E-state index contributed by atoms with van der Waals surface area (Å²) in [5.41, 5.74) is 1.16. The number of H-pyrrole nitrogens is 1. The van der Waals surface area contributed by atoms with Gasteiger partial charge in [0.2, 0.25) is 5.78 Å². The van der Waals surface area contributed by atoms with Crippen LogP contribution in [-0.4, -0.2) is 24.3 Å². The number of pyridine rings is 1. The van der Waals surface area contributed by atoms with Crippen LogP contribution < -0.4 is 5.56 Å².